The van der Waals surface area contributed by atoms with Gasteiger partial charge in [0.05, 0.1) is 11.6 Å². The normalized spacial score (nSPS) is 10.6. The third kappa shape index (κ3) is 7.64. The highest BCUT2D eigenvalue weighted by Crippen LogP contribution is 2.09. The quantitative estimate of drug-likeness (QED) is 0.672. The Balaban J connectivity index is 2.03. The summed E-state index contributed by atoms with van der Waals surface area (Å²) >= 11 is 0. The highest BCUT2D eigenvalue weighted by atomic mass is 14.8. The summed E-state index contributed by atoms with van der Waals surface area (Å²) in [5.41, 5.74) is 1.94. The van der Waals surface area contributed by atoms with Crippen molar-refractivity contribution < 1.29 is 0 Å². The van der Waals surface area contributed by atoms with E-state index in [2.05, 4.69) is 31.3 Å². The molecule has 0 saturated heterocycles. The molecule has 0 amide bonds. The number of nitrogens with one attached hydrogen (secondary N) is 1. The van der Waals surface area contributed by atoms with Gasteiger partial charge in [-0.05, 0) is 36.6 Å². The average Bonchev–Trinajstić information content (AvgIpc) is 2.41. The van der Waals surface area contributed by atoms with Crippen LogP contribution in [0, 0.1) is 17.2 Å². The topological polar surface area (TPSA) is 35.8 Å². The lowest BCUT2D eigenvalue weighted by Crippen LogP contribution is -2.14. The zero-order valence-corrected chi connectivity index (χ0v) is 12.3. The molecular weight excluding hydrogens is 232 g/mol. The van der Waals surface area contributed by atoms with Gasteiger partial charge >= 0.3 is 0 Å². The highest BCUT2D eigenvalue weighted by molar-refractivity contribution is 5.32. The number of hydrogen-bond donors (Lipinski definition) is 1. The van der Waals surface area contributed by atoms with E-state index in [0.29, 0.717) is 0 Å². The van der Waals surface area contributed by atoms with E-state index in [9.17, 15) is 0 Å². The monoisotopic (exact) mass is 258 g/mol. The minimum Gasteiger partial charge on any atom is -0.313 e. The van der Waals surface area contributed by atoms with Gasteiger partial charge in [0.25, 0.3) is 0 Å². The van der Waals surface area contributed by atoms with Crippen molar-refractivity contribution in [2.45, 2.75) is 52.5 Å². The van der Waals surface area contributed by atoms with Crippen molar-refractivity contribution in [3.05, 3.63) is 35.4 Å². The van der Waals surface area contributed by atoms with Crippen molar-refractivity contribution in [1.82, 2.24) is 5.32 Å². The van der Waals surface area contributed by atoms with Crippen molar-refractivity contribution in [3.63, 3.8) is 0 Å². The van der Waals surface area contributed by atoms with Crippen LogP contribution in [0.1, 0.15) is 57.1 Å². The van der Waals surface area contributed by atoms with Crippen molar-refractivity contribution in [1.29, 1.82) is 5.26 Å². The van der Waals surface area contributed by atoms with Crippen LogP contribution in [0.5, 0.6) is 0 Å². The Hall–Kier alpha value is -1.33. The van der Waals surface area contributed by atoms with Gasteiger partial charge in [-0.25, -0.2) is 0 Å². The number of nitrogens with zero attached hydrogens (tertiary/aromatic N) is 1. The molecule has 104 valence electrons. The third-order valence-corrected chi connectivity index (χ3v) is 3.27. The molecule has 2 nitrogen and oxygen atoms in total. The summed E-state index contributed by atoms with van der Waals surface area (Å²) in [5, 5.41) is 12.3. The molecule has 0 bridgehead atoms. The molecule has 0 unspecified atom stereocenters. The number of hydrogen-bond acceptors (Lipinski definition) is 2. The largest absolute Gasteiger partial charge is 0.313 e. The Morgan fingerprint density at radius 2 is 1.95 bits per heavy atom. The van der Waals surface area contributed by atoms with Crippen LogP contribution in [0.25, 0.3) is 0 Å². The SMILES string of the molecule is CC(C)CCCCCCNCc1cccc(C#N)c1. The summed E-state index contributed by atoms with van der Waals surface area (Å²) < 4.78 is 0. The molecule has 0 aliphatic carbocycles. The van der Waals surface area contributed by atoms with Crippen molar-refractivity contribution in [2.24, 2.45) is 5.92 Å². The van der Waals surface area contributed by atoms with Crippen LogP contribution in [-0.2, 0) is 6.54 Å². The predicted molar refractivity (Wildman–Crippen MR) is 80.8 cm³/mol. The fraction of sp³-hybridized carbons (Fsp3) is 0.588. The van der Waals surface area contributed by atoms with E-state index >= 15 is 0 Å². The van der Waals surface area contributed by atoms with Gasteiger partial charge in [0.15, 0.2) is 0 Å². The Morgan fingerprint density at radius 1 is 1.16 bits per heavy atom. The van der Waals surface area contributed by atoms with Crippen LogP contribution in [0.15, 0.2) is 24.3 Å². The maximum Gasteiger partial charge on any atom is 0.0991 e. The Labute approximate surface area is 117 Å². The second-order valence-electron chi connectivity index (χ2n) is 5.59. The van der Waals surface area contributed by atoms with Crippen molar-refractivity contribution in [2.75, 3.05) is 6.54 Å². The second-order valence-corrected chi connectivity index (χ2v) is 5.59. The van der Waals surface area contributed by atoms with Crippen LogP contribution in [0.2, 0.25) is 0 Å². The summed E-state index contributed by atoms with van der Waals surface area (Å²) in [7, 11) is 0. The molecule has 1 aromatic carbocycles. The van der Waals surface area contributed by atoms with Crippen LogP contribution in [-0.4, -0.2) is 6.54 Å². The summed E-state index contributed by atoms with van der Waals surface area (Å²) in [6, 6.07) is 9.98. The number of rotatable bonds is 9. The maximum atomic E-state index is 8.82. The molecule has 0 radical (unpaired) electrons. The first-order chi connectivity index (χ1) is 9.22. The zero-order chi connectivity index (χ0) is 13.9. The van der Waals surface area contributed by atoms with E-state index in [0.717, 1.165) is 24.6 Å². The number of unbranched alkanes of at least 4 members (excludes halogenated alkanes) is 3. The van der Waals surface area contributed by atoms with E-state index in [1.54, 1.807) is 0 Å². The zero-order valence-electron chi connectivity index (χ0n) is 12.3. The lowest BCUT2D eigenvalue weighted by atomic mass is 10.0. The van der Waals surface area contributed by atoms with E-state index < -0.39 is 0 Å². The van der Waals surface area contributed by atoms with Gasteiger partial charge in [0.1, 0.15) is 0 Å². The third-order valence-electron chi connectivity index (χ3n) is 3.27. The minimum atomic E-state index is 0.744. The molecule has 19 heavy (non-hydrogen) atoms. The summed E-state index contributed by atoms with van der Waals surface area (Å²) in [5.74, 6) is 0.838. The van der Waals surface area contributed by atoms with Crippen molar-refractivity contribution in [3.8, 4) is 6.07 Å². The standard InChI is InChI=1S/C17H26N2/c1-15(2)8-5-3-4-6-11-19-14-17-10-7-9-16(12-17)13-18/h7,9-10,12,15,19H,3-6,8,11,14H2,1-2H3. The van der Waals surface area contributed by atoms with Gasteiger partial charge in [-0.3, -0.25) is 0 Å². The van der Waals surface area contributed by atoms with E-state index in [4.69, 9.17) is 5.26 Å². The van der Waals surface area contributed by atoms with E-state index in [1.807, 2.05) is 18.2 Å². The van der Waals surface area contributed by atoms with Crippen LogP contribution in [0.4, 0.5) is 0 Å². The molecule has 0 aliphatic rings. The summed E-state index contributed by atoms with van der Waals surface area (Å²) in [6.45, 7) is 6.51. The minimum absolute atomic E-state index is 0.744. The first kappa shape index (κ1) is 15.7. The molecule has 0 fully saturated rings. The van der Waals surface area contributed by atoms with Crippen molar-refractivity contribution >= 4 is 0 Å². The molecule has 1 N–H and O–H groups in total. The van der Waals surface area contributed by atoms with E-state index in [-0.39, 0.29) is 0 Å². The lowest BCUT2D eigenvalue weighted by Gasteiger charge is -2.06. The van der Waals surface area contributed by atoms with Gasteiger partial charge in [0, 0.05) is 6.54 Å². The van der Waals surface area contributed by atoms with Gasteiger partial charge in [-0.15, -0.1) is 0 Å². The first-order valence-electron chi connectivity index (χ1n) is 7.42. The smallest absolute Gasteiger partial charge is 0.0991 e. The molecule has 0 aliphatic heterocycles. The number of nitriles is 1. The molecule has 0 saturated carbocycles. The number of benzene rings is 1. The Morgan fingerprint density at radius 3 is 2.68 bits per heavy atom. The van der Waals surface area contributed by atoms with Crippen LogP contribution < -0.4 is 5.32 Å². The fourth-order valence-corrected chi connectivity index (χ4v) is 2.14. The summed E-state index contributed by atoms with van der Waals surface area (Å²) in [6.07, 6.45) is 6.63. The van der Waals surface area contributed by atoms with Gasteiger partial charge in [-0.1, -0.05) is 51.7 Å². The Kier molecular flexibility index (Phi) is 7.93. The maximum absolute atomic E-state index is 8.82. The van der Waals surface area contributed by atoms with Crippen LogP contribution >= 0.6 is 0 Å². The fourth-order valence-electron chi connectivity index (χ4n) is 2.14. The molecule has 0 atom stereocenters. The molecule has 0 aromatic heterocycles. The first-order valence-corrected chi connectivity index (χ1v) is 7.42. The van der Waals surface area contributed by atoms with Gasteiger partial charge < -0.3 is 5.32 Å². The highest BCUT2D eigenvalue weighted by Gasteiger charge is 1.96. The second kappa shape index (κ2) is 9.58. The average molecular weight is 258 g/mol. The molecule has 0 spiro atoms. The van der Waals surface area contributed by atoms with Gasteiger partial charge in [-0.2, -0.15) is 5.26 Å². The molecule has 1 rings (SSSR count). The molecule has 1 aromatic rings. The molecular formula is C17H26N2. The summed E-state index contributed by atoms with van der Waals surface area (Å²) in [4.78, 5) is 0. The lowest BCUT2D eigenvalue weighted by molar-refractivity contribution is 0.512. The molecule has 0 heterocycles. The van der Waals surface area contributed by atoms with E-state index in [1.165, 1.54) is 37.7 Å². The Bertz CT molecular complexity index is 390. The predicted octanol–water partition coefficient (Wildman–Crippen LogP) is 4.25. The van der Waals surface area contributed by atoms with Gasteiger partial charge in [0.2, 0.25) is 0 Å². The molecule has 2 heteroatoms. The van der Waals surface area contributed by atoms with Crippen LogP contribution in [0.3, 0.4) is 0 Å².